The van der Waals surface area contributed by atoms with Crippen LogP contribution in [0.3, 0.4) is 0 Å². The van der Waals surface area contributed by atoms with Crippen LogP contribution in [0.25, 0.3) is 0 Å². The van der Waals surface area contributed by atoms with Gasteiger partial charge in [-0.25, -0.2) is 9.59 Å². The van der Waals surface area contributed by atoms with Crippen molar-refractivity contribution in [1.82, 2.24) is 0 Å². The fraction of sp³-hybridized carbons (Fsp3) is 0.727. The molecule has 0 amide bonds. The third-order valence-electron chi connectivity index (χ3n) is 3.76. The molecule has 0 heterocycles. The molecule has 0 aromatic carbocycles. The van der Waals surface area contributed by atoms with Crippen molar-refractivity contribution in [3.05, 3.63) is 24.3 Å². The summed E-state index contributed by atoms with van der Waals surface area (Å²) in [6, 6.07) is 0. The number of hydrogen-bond acceptors (Lipinski definition) is 8. The van der Waals surface area contributed by atoms with Gasteiger partial charge in [0.25, 0.3) is 0 Å². The fourth-order valence-electron chi connectivity index (χ4n) is 2.09. The molecule has 0 aliphatic rings. The maximum absolute atomic E-state index is 11.3. The van der Waals surface area contributed by atoms with Crippen molar-refractivity contribution in [2.75, 3.05) is 39.6 Å². The van der Waals surface area contributed by atoms with Crippen LogP contribution < -0.4 is 0 Å². The van der Waals surface area contributed by atoms with Gasteiger partial charge in [0.15, 0.2) is 12.6 Å². The monoisotopic (exact) mass is 430 g/mol. The van der Waals surface area contributed by atoms with Gasteiger partial charge in [0.1, 0.15) is 13.2 Å². The first-order valence-electron chi connectivity index (χ1n) is 10.4. The van der Waals surface area contributed by atoms with E-state index in [2.05, 4.69) is 13.2 Å². The first-order chi connectivity index (χ1) is 14.3. The third-order valence-corrected chi connectivity index (χ3v) is 3.76. The summed E-state index contributed by atoms with van der Waals surface area (Å²) in [5.74, 6) is -0.836. The zero-order valence-electron chi connectivity index (χ0n) is 18.9. The minimum Gasteiger partial charge on any atom is -0.460 e. The topological polar surface area (TPSA) is 89.5 Å². The molecule has 0 N–H and O–H groups in total. The zero-order chi connectivity index (χ0) is 22.8. The van der Waals surface area contributed by atoms with Gasteiger partial charge < -0.3 is 28.4 Å². The van der Waals surface area contributed by atoms with Crippen molar-refractivity contribution in [1.29, 1.82) is 0 Å². The summed E-state index contributed by atoms with van der Waals surface area (Å²) in [6.45, 7) is 16.1. The van der Waals surface area contributed by atoms with E-state index in [1.54, 1.807) is 20.8 Å². The molecule has 0 rings (SSSR count). The predicted octanol–water partition coefficient (Wildman–Crippen LogP) is 3.54. The highest BCUT2D eigenvalue weighted by Gasteiger charge is 2.08. The Morgan fingerprint density at radius 2 is 1.13 bits per heavy atom. The van der Waals surface area contributed by atoms with Crippen molar-refractivity contribution in [2.45, 2.75) is 66.0 Å². The van der Waals surface area contributed by atoms with E-state index in [-0.39, 0.29) is 39.0 Å². The minimum atomic E-state index is -0.420. The maximum Gasteiger partial charge on any atom is 0.333 e. The molecule has 0 aliphatic heterocycles. The fourth-order valence-corrected chi connectivity index (χ4v) is 2.09. The summed E-state index contributed by atoms with van der Waals surface area (Å²) < 4.78 is 32.1. The van der Waals surface area contributed by atoms with Crippen molar-refractivity contribution < 1.29 is 38.0 Å². The summed E-state index contributed by atoms with van der Waals surface area (Å²) >= 11 is 0. The van der Waals surface area contributed by atoms with Gasteiger partial charge in [-0.1, -0.05) is 20.1 Å². The van der Waals surface area contributed by atoms with Gasteiger partial charge in [0.2, 0.25) is 0 Å². The summed E-state index contributed by atoms with van der Waals surface area (Å²) in [5, 5.41) is 0. The van der Waals surface area contributed by atoms with Crippen LogP contribution in [0.15, 0.2) is 24.3 Å². The molecule has 8 heteroatoms. The average Bonchev–Trinajstić information content (AvgIpc) is 2.71. The van der Waals surface area contributed by atoms with E-state index in [1.807, 2.05) is 6.92 Å². The molecule has 0 saturated heterocycles. The Balaban J connectivity index is 3.57. The number of carbonyl (C=O) groups excluding carboxylic acids is 2. The van der Waals surface area contributed by atoms with Gasteiger partial charge in [0, 0.05) is 24.4 Å². The molecule has 0 saturated carbocycles. The van der Waals surface area contributed by atoms with Crippen molar-refractivity contribution in [3.63, 3.8) is 0 Å². The van der Waals surface area contributed by atoms with Gasteiger partial charge in [-0.2, -0.15) is 0 Å². The lowest BCUT2D eigenvalue weighted by Crippen LogP contribution is -2.21. The Labute approximate surface area is 180 Å². The van der Waals surface area contributed by atoms with E-state index in [1.165, 1.54) is 0 Å². The Bertz CT molecular complexity index is 517. The molecule has 0 bridgehead atoms. The smallest absolute Gasteiger partial charge is 0.333 e. The van der Waals surface area contributed by atoms with Crippen LogP contribution >= 0.6 is 0 Å². The Hall–Kier alpha value is -1.74. The number of carbonyl (C=O) groups is 2. The molecule has 0 spiro atoms. The summed E-state index contributed by atoms with van der Waals surface area (Å²) in [7, 11) is 0. The normalized spacial score (nSPS) is 12.8. The molecule has 0 fully saturated rings. The quantitative estimate of drug-likeness (QED) is 0.133. The van der Waals surface area contributed by atoms with Crippen molar-refractivity contribution >= 4 is 11.9 Å². The van der Waals surface area contributed by atoms with Crippen LogP contribution in [0, 0.1) is 0 Å². The van der Waals surface area contributed by atoms with Crippen LogP contribution in [0.4, 0.5) is 0 Å². The molecule has 0 aromatic heterocycles. The molecule has 0 radical (unpaired) electrons. The Kier molecular flexibility index (Phi) is 17.0. The van der Waals surface area contributed by atoms with Gasteiger partial charge in [-0.15, -0.1) is 0 Å². The third kappa shape index (κ3) is 16.1. The maximum atomic E-state index is 11.3. The molecule has 2 atom stereocenters. The predicted molar refractivity (Wildman–Crippen MR) is 113 cm³/mol. The SMILES string of the molecule is C=C(C)C(=O)OCCOC(C)OCCCCCOC(CC)OCCOC(=O)C(=C)C. The van der Waals surface area contributed by atoms with E-state index in [0.29, 0.717) is 30.8 Å². The zero-order valence-corrected chi connectivity index (χ0v) is 18.9. The van der Waals surface area contributed by atoms with Crippen LogP contribution in [0.1, 0.15) is 53.4 Å². The standard InChI is InChI=1S/C22H38O8/c1-7-20(28-14-16-30-22(24)18(4)5)27-12-10-8-9-11-25-19(6)26-13-15-29-21(23)17(2)3/h19-20H,2,4,7-16H2,1,3,5-6H3. The highest BCUT2D eigenvalue weighted by molar-refractivity contribution is 5.87. The van der Waals surface area contributed by atoms with E-state index >= 15 is 0 Å². The number of ether oxygens (including phenoxy) is 6. The van der Waals surface area contributed by atoms with Crippen LogP contribution in [0.5, 0.6) is 0 Å². The number of rotatable bonds is 19. The highest BCUT2D eigenvalue weighted by atomic mass is 16.7. The lowest BCUT2D eigenvalue weighted by molar-refractivity contribution is -0.160. The first-order valence-corrected chi connectivity index (χ1v) is 10.4. The molecular formula is C22H38O8. The second-order valence-electron chi connectivity index (χ2n) is 6.78. The van der Waals surface area contributed by atoms with Gasteiger partial charge in [-0.05, 0) is 46.5 Å². The van der Waals surface area contributed by atoms with E-state index in [9.17, 15) is 9.59 Å². The molecule has 174 valence electrons. The first kappa shape index (κ1) is 28.3. The molecule has 8 nitrogen and oxygen atoms in total. The largest absolute Gasteiger partial charge is 0.460 e. The Morgan fingerprint density at radius 1 is 0.700 bits per heavy atom. The molecule has 2 unspecified atom stereocenters. The van der Waals surface area contributed by atoms with Gasteiger partial charge in [0.05, 0.1) is 13.2 Å². The summed E-state index contributed by atoms with van der Waals surface area (Å²) in [6.07, 6.45) is 2.78. The van der Waals surface area contributed by atoms with Gasteiger partial charge >= 0.3 is 11.9 Å². The van der Waals surface area contributed by atoms with Crippen LogP contribution in [0.2, 0.25) is 0 Å². The van der Waals surface area contributed by atoms with Crippen LogP contribution in [-0.4, -0.2) is 64.2 Å². The number of esters is 2. The van der Waals surface area contributed by atoms with Gasteiger partial charge in [-0.3, -0.25) is 0 Å². The lowest BCUT2D eigenvalue weighted by Gasteiger charge is -2.17. The van der Waals surface area contributed by atoms with E-state index in [0.717, 1.165) is 19.3 Å². The minimum absolute atomic E-state index is 0.174. The molecule has 0 aromatic rings. The van der Waals surface area contributed by atoms with E-state index < -0.39 is 11.9 Å². The van der Waals surface area contributed by atoms with Crippen molar-refractivity contribution in [3.8, 4) is 0 Å². The second-order valence-corrected chi connectivity index (χ2v) is 6.78. The number of unbranched alkanes of at least 4 members (excludes halogenated alkanes) is 2. The number of hydrogen-bond donors (Lipinski definition) is 0. The van der Waals surface area contributed by atoms with E-state index in [4.69, 9.17) is 28.4 Å². The molecule has 0 aliphatic carbocycles. The average molecular weight is 431 g/mol. The van der Waals surface area contributed by atoms with Crippen LogP contribution in [-0.2, 0) is 38.0 Å². The lowest BCUT2D eigenvalue weighted by atomic mass is 10.2. The van der Waals surface area contributed by atoms with Crippen molar-refractivity contribution in [2.24, 2.45) is 0 Å². The second kappa shape index (κ2) is 18.1. The molecular weight excluding hydrogens is 392 g/mol. The Morgan fingerprint density at radius 3 is 1.63 bits per heavy atom. The molecule has 30 heavy (non-hydrogen) atoms. The summed E-state index contributed by atoms with van der Waals surface area (Å²) in [4.78, 5) is 22.5. The highest BCUT2D eigenvalue weighted by Crippen LogP contribution is 2.05. The summed E-state index contributed by atoms with van der Waals surface area (Å²) in [5.41, 5.74) is 0.733.